The van der Waals surface area contributed by atoms with Crippen LogP contribution in [0.5, 0.6) is 0 Å². The molecular weight excluding hydrogens is 280 g/mol. The van der Waals surface area contributed by atoms with E-state index in [0.29, 0.717) is 17.0 Å². The Balaban J connectivity index is 1.94. The SMILES string of the molecule is Cc1ccc(C(=O)Cc2cccc3ccccc23)cc1Cl. The molecule has 3 aromatic carbocycles. The fourth-order valence-corrected chi connectivity index (χ4v) is 2.67. The molecule has 3 rings (SSSR count). The molecule has 0 aliphatic rings. The number of hydrogen-bond acceptors (Lipinski definition) is 1. The van der Waals surface area contributed by atoms with Gasteiger partial charge in [-0.3, -0.25) is 4.79 Å². The minimum absolute atomic E-state index is 0.0910. The maximum atomic E-state index is 12.5. The van der Waals surface area contributed by atoms with E-state index in [0.717, 1.165) is 21.9 Å². The summed E-state index contributed by atoms with van der Waals surface area (Å²) in [5, 5.41) is 2.93. The Morgan fingerprint density at radius 2 is 1.76 bits per heavy atom. The van der Waals surface area contributed by atoms with Gasteiger partial charge in [-0.1, -0.05) is 66.2 Å². The Labute approximate surface area is 129 Å². The van der Waals surface area contributed by atoms with Gasteiger partial charge in [-0.2, -0.15) is 0 Å². The number of carbonyl (C=O) groups is 1. The maximum absolute atomic E-state index is 12.5. The molecule has 21 heavy (non-hydrogen) atoms. The van der Waals surface area contributed by atoms with Crippen LogP contribution in [0.1, 0.15) is 21.5 Å². The molecule has 1 nitrogen and oxygen atoms in total. The van der Waals surface area contributed by atoms with Crippen molar-refractivity contribution in [3.05, 3.63) is 82.4 Å². The van der Waals surface area contributed by atoms with Gasteiger partial charge in [0.1, 0.15) is 0 Å². The third-order valence-corrected chi connectivity index (χ3v) is 4.13. The summed E-state index contributed by atoms with van der Waals surface area (Å²) in [5.41, 5.74) is 2.70. The summed E-state index contributed by atoms with van der Waals surface area (Å²) in [7, 11) is 0. The average molecular weight is 295 g/mol. The second-order valence-electron chi connectivity index (χ2n) is 5.20. The number of Topliss-reactive ketones (excluding diaryl/α,β-unsaturated/α-hetero) is 1. The molecule has 0 saturated carbocycles. The van der Waals surface area contributed by atoms with Gasteiger partial charge in [0.05, 0.1) is 0 Å². The van der Waals surface area contributed by atoms with Crippen LogP contribution in [0.25, 0.3) is 10.8 Å². The molecule has 0 heterocycles. The highest BCUT2D eigenvalue weighted by Crippen LogP contribution is 2.22. The van der Waals surface area contributed by atoms with Crippen LogP contribution in [-0.2, 0) is 6.42 Å². The van der Waals surface area contributed by atoms with E-state index in [2.05, 4.69) is 18.2 Å². The van der Waals surface area contributed by atoms with Crippen LogP contribution in [0.3, 0.4) is 0 Å². The fraction of sp³-hybridized carbons (Fsp3) is 0.105. The van der Waals surface area contributed by atoms with E-state index in [4.69, 9.17) is 11.6 Å². The topological polar surface area (TPSA) is 17.1 Å². The fourth-order valence-electron chi connectivity index (χ4n) is 2.49. The molecule has 0 N–H and O–H groups in total. The number of fused-ring (bicyclic) bond motifs is 1. The maximum Gasteiger partial charge on any atom is 0.167 e. The monoisotopic (exact) mass is 294 g/mol. The highest BCUT2D eigenvalue weighted by Gasteiger charge is 2.10. The molecule has 2 heteroatoms. The smallest absolute Gasteiger partial charge is 0.167 e. The van der Waals surface area contributed by atoms with E-state index >= 15 is 0 Å². The Morgan fingerprint density at radius 3 is 2.57 bits per heavy atom. The standard InChI is InChI=1S/C19H15ClO/c1-13-9-10-16(11-18(13)20)19(21)12-15-7-4-6-14-5-2-3-8-17(14)15/h2-11H,12H2,1H3. The van der Waals surface area contributed by atoms with Gasteiger partial charge in [0, 0.05) is 17.0 Å². The highest BCUT2D eigenvalue weighted by atomic mass is 35.5. The molecule has 3 aromatic rings. The van der Waals surface area contributed by atoms with E-state index in [-0.39, 0.29) is 5.78 Å². The molecule has 0 saturated heterocycles. The quantitative estimate of drug-likeness (QED) is 0.605. The Morgan fingerprint density at radius 1 is 1.00 bits per heavy atom. The number of ketones is 1. The number of rotatable bonds is 3. The van der Waals surface area contributed by atoms with Crippen molar-refractivity contribution in [3.63, 3.8) is 0 Å². The lowest BCUT2D eigenvalue weighted by Crippen LogP contribution is -2.04. The van der Waals surface area contributed by atoms with Crippen molar-refractivity contribution in [2.24, 2.45) is 0 Å². The summed E-state index contributed by atoms with van der Waals surface area (Å²) in [6.45, 7) is 1.93. The van der Waals surface area contributed by atoms with Crippen LogP contribution in [0.4, 0.5) is 0 Å². The molecule has 0 spiro atoms. The first-order valence-electron chi connectivity index (χ1n) is 6.91. The van der Waals surface area contributed by atoms with Crippen LogP contribution < -0.4 is 0 Å². The zero-order valence-corrected chi connectivity index (χ0v) is 12.5. The Bertz CT molecular complexity index is 815. The lowest BCUT2D eigenvalue weighted by molar-refractivity contribution is 0.0993. The van der Waals surface area contributed by atoms with Crippen LogP contribution >= 0.6 is 11.6 Å². The summed E-state index contributed by atoms with van der Waals surface area (Å²) < 4.78 is 0. The molecular formula is C19H15ClO. The van der Waals surface area contributed by atoms with E-state index in [9.17, 15) is 4.79 Å². The van der Waals surface area contributed by atoms with Crippen molar-refractivity contribution in [3.8, 4) is 0 Å². The molecule has 0 aliphatic carbocycles. The molecule has 0 amide bonds. The summed E-state index contributed by atoms with van der Waals surface area (Å²) in [6, 6.07) is 19.7. The first kappa shape index (κ1) is 13.8. The van der Waals surface area contributed by atoms with Gasteiger partial charge in [-0.05, 0) is 34.9 Å². The normalized spacial score (nSPS) is 10.8. The summed E-state index contributed by atoms with van der Waals surface area (Å²) in [5.74, 6) is 0.0910. The zero-order chi connectivity index (χ0) is 14.8. The third-order valence-electron chi connectivity index (χ3n) is 3.72. The minimum Gasteiger partial charge on any atom is -0.294 e. The van der Waals surface area contributed by atoms with E-state index in [1.807, 2.05) is 43.3 Å². The van der Waals surface area contributed by atoms with Crippen molar-refractivity contribution in [2.45, 2.75) is 13.3 Å². The third kappa shape index (κ3) is 2.84. The van der Waals surface area contributed by atoms with Gasteiger partial charge < -0.3 is 0 Å². The first-order valence-corrected chi connectivity index (χ1v) is 7.29. The Kier molecular flexibility index (Phi) is 3.76. The van der Waals surface area contributed by atoms with Gasteiger partial charge >= 0.3 is 0 Å². The largest absolute Gasteiger partial charge is 0.294 e. The van der Waals surface area contributed by atoms with Crippen molar-refractivity contribution in [1.29, 1.82) is 0 Å². The van der Waals surface area contributed by atoms with Crippen LogP contribution in [0, 0.1) is 6.92 Å². The number of halogens is 1. The number of benzene rings is 3. The molecule has 0 radical (unpaired) electrons. The highest BCUT2D eigenvalue weighted by molar-refractivity contribution is 6.31. The van der Waals surface area contributed by atoms with E-state index < -0.39 is 0 Å². The number of hydrogen-bond donors (Lipinski definition) is 0. The van der Waals surface area contributed by atoms with Gasteiger partial charge in [-0.25, -0.2) is 0 Å². The zero-order valence-electron chi connectivity index (χ0n) is 11.8. The summed E-state index contributed by atoms with van der Waals surface area (Å²) >= 11 is 6.10. The van der Waals surface area contributed by atoms with Gasteiger partial charge in [0.25, 0.3) is 0 Å². The molecule has 0 aromatic heterocycles. The lowest BCUT2D eigenvalue weighted by atomic mass is 9.97. The van der Waals surface area contributed by atoms with Crippen molar-refractivity contribution < 1.29 is 4.79 Å². The first-order chi connectivity index (χ1) is 10.1. The number of carbonyl (C=O) groups excluding carboxylic acids is 1. The second-order valence-corrected chi connectivity index (χ2v) is 5.61. The molecule has 0 aliphatic heterocycles. The van der Waals surface area contributed by atoms with Gasteiger partial charge in [0.15, 0.2) is 5.78 Å². The van der Waals surface area contributed by atoms with Crippen LogP contribution in [-0.4, -0.2) is 5.78 Å². The minimum atomic E-state index is 0.0910. The second kappa shape index (κ2) is 5.71. The summed E-state index contributed by atoms with van der Waals surface area (Å²) in [6.07, 6.45) is 0.390. The van der Waals surface area contributed by atoms with Gasteiger partial charge in [-0.15, -0.1) is 0 Å². The average Bonchev–Trinajstić information content (AvgIpc) is 2.50. The Hall–Kier alpha value is -2.12. The van der Waals surface area contributed by atoms with Crippen LogP contribution in [0.15, 0.2) is 60.7 Å². The number of aryl methyl sites for hydroxylation is 1. The predicted octanol–water partition coefficient (Wildman–Crippen LogP) is 5.23. The van der Waals surface area contributed by atoms with E-state index in [1.54, 1.807) is 6.07 Å². The molecule has 104 valence electrons. The predicted molar refractivity (Wildman–Crippen MR) is 88.2 cm³/mol. The van der Waals surface area contributed by atoms with Crippen molar-refractivity contribution in [2.75, 3.05) is 0 Å². The molecule has 0 atom stereocenters. The lowest BCUT2D eigenvalue weighted by Gasteiger charge is -2.07. The summed E-state index contributed by atoms with van der Waals surface area (Å²) in [4.78, 5) is 12.5. The molecule has 0 bridgehead atoms. The molecule has 0 fully saturated rings. The van der Waals surface area contributed by atoms with E-state index in [1.165, 1.54) is 0 Å². The van der Waals surface area contributed by atoms with Gasteiger partial charge in [0.2, 0.25) is 0 Å². The van der Waals surface area contributed by atoms with Crippen molar-refractivity contribution in [1.82, 2.24) is 0 Å². The molecule has 0 unspecified atom stereocenters. The van der Waals surface area contributed by atoms with Crippen molar-refractivity contribution >= 4 is 28.2 Å². The van der Waals surface area contributed by atoms with Crippen LogP contribution in [0.2, 0.25) is 5.02 Å².